The molecule has 0 radical (unpaired) electrons. The minimum Gasteiger partial charge on any atom is -0.507 e. The standard InChI is InChI=1S/C12H16O3S/c1-2-16-8-4-7-15-12-6-3-5-11(14)10(12)9-13/h3,5-6,9,14H,2,4,7-8H2,1H3. The quantitative estimate of drug-likeness (QED) is 0.588. The number of phenolic OH excluding ortho intramolecular Hbond substituents is 1. The smallest absolute Gasteiger partial charge is 0.157 e. The molecule has 0 saturated carbocycles. The van der Waals surface area contributed by atoms with Gasteiger partial charge in [0.15, 0.2) is 6.29 Å². The van der Waals surface area contributed by atoms with Gasteiger partial charge in [-0.3, -0.25) is 4.79 Å². The van der Waals surface area contributed by atoms with Crippen molar-refractivity contribution in [2.45, 2.75) is 13.3 Å². The van der Waals surface area contributed by atoms with Gasteiger partial charge in [-0.25, -0.2) is 0 Å². The van der Waals surface area contributed by atoms with Crippen LogP contribution in [0.4, 0.5) is 0 Å². The van der Waals surface area contributed by atoms with E-state index in [-0.39, 0.29) is 11.3 Å². The number of aldehydes is 1. The van der Waals surface area contributed by atoms with Crippen LogP contribution in [0.5, 0.6) is 11.5 Å². The second-order valence-electron chi connectivity index (χ2n) is 3.21. The first-order valence-corrected chi connectivity index (χ1v) is 6.42. The van der Waals surface area contributed by atoms with Crippen LogP contribution in [0.1, 0.15) is 23.7 Å². The van der Waals surface area contributed by atoms with Crippen molar-refractivity contribution >= 4 is 18.0 Å². The molecule has 0 fully saturated rings. The lowest BCUT2D eigenvalue weighted by Crippen LogP contribution is -2.01. The molecule has 0 amide bonds. The normalized spacial score (nSPS) is 10.1. The number of carbonyl (C=O) groups is 1. The number of rotatable bonds is 7. The number of phenols is 1. The molecule has 16 heavy (non-hydrogen) atoms. The van der Waals surface area contributed by atoms with Crippen LogP contribution < -0.4 is 4.74 Å². The topological polar surface area (TPSA) is 46.5 Å². The van der Waals surface area contributed by atoms with E-state index in [0.29, 0.717) is 18.6 Å². The van der Waals surface area contributed by atoms with Gasteiger partial charge in [0, 0.05) is 0 Å². The lowest BCUT2D eigenvalue weighted by Gasteiger charge is -2.08. The summed E-state index contributed by atoms with van der Waals surface area (Å²) < 4.78 is 5.45. The number of thioether (sulfide) groups is 1. The van der Waals surface area contributed by atoms with Gasteiger partial charge in [-0.2, -0.15) is 11.8 Å². The van der Waals surface area contributed by atoms with Gasteiger partial charge in [-0.15, -0.1) is 0 Å². The number of aromatic hydroxyl groups is 1. The average molecular weight is 240 g/mol. The number of benzene rings is 1. The van der Waals surface area contributed by atoms with Crippen molar-refractivity contribution in [2.24, 2.45) is 0 Å². The molecule has 3 nitrogen and oxygen atoms in total. The van der Waals surface area contributed by atoms with Crippen molar-refractivity contribution in [1.82, 2.24) is 0 Å². The minimum atomic E-state index is -0.0320. The summed E-state index contributed by atoms with van der Waals surface area (Å²) in [4.78, 5) is 10.7. The summed E-state index contributed by atoms with van der Waals surface area (Å²) >= 11 is 1.86. The number of carbonyl (C=O) groups excluding carboxylic acids is 1. The van der Waals surface area contributed by atoms with Crippen molar-refractivity contribution in [1.29, 1.82) is 0 Å². The van der Waals surface area contributed by atoms with E-state index >= 15 is 0 Å². The van der Waals surface area contributed by atoms with Gasteiger partial charge in [0.1, 0.15) is 11.5 Å². The summed E-state index contributed by atoms with van der Waals surface area (Å²) in [6, 6.07) is 4.83. The van der Waals surface area contributed by atoms with Gasteiger partial charge in [0.25, 0.3) is 0 Å². The molecule has 4 heteroatoms. The van der Waals surface area contributed by atoms with Gasteiger partial charge in [0.05, 0.1) is 12.2 Å². The molecule has 0 spiro atoms. The molecule has 1 N–H and O–H groups in total. The van der Waals surface area contributed by atoms with Crippen LogP contribution in [0, 0.1) is 0 Å². The Morgan fingerprint density at radius 1 is 1.50 bits per heavy atom. The van der Waals surface area contributed by atoms with Crippen LogP contribution in [-0.4, -0.2) is 29.5 Å². The lowest BCUT2D eigenvalue weighted by atomic mass is 10.2. The van der Waals surface area contributed by atoms with Gasteiger partial charge in [-0.05, 0) is 30.1 Å². The Balaban J connectivity index is 2.47. The highest BCUT2D eigenvalue weighted by atomic mass is 32.2. The maximum atomic E-state index is 10.7. The fourth-order valence-corrected chi connectivity index (χ4v) is 1.87. The molecule has 0 atom stereocenters. The highest BCUT2D eigenvalue weighted by molar-refractivity contribution is 7.99. The van der Waals surface area contributed by atoms with E-state index < -0.39 is 0 Å². The second kappa shape index (κ2) is 7.17. The highest BCUT2D eigenvalue weighted by Gasteiger charge is 2.07. The maximum Gasteiger partial charge on any atom is 0.157 e. The van der Waals surface area contributed by atoms with Crippen molar-refractivity contribution < 1.29 is 14.6 Å². The summed E-state index contributed by atoms with van der Waals surface area (Å²) in [6.07, 6.45) is 1.55. The first kappa shape index (κ1) is 12.9. The molecule has 0 heterocycles. The molecule has 0 saturated heterocycles. The summed E-state index contributed by atoms with van der Waals surface area (Å²) in [7, 11) is 0. The molecule has 88 valence electrons. The molecule has 0 aliphatic carbocycles. The van der Waals surface area contributed by atoms with Gasteiger partial charge >= 0.3 is 0 Å². The molecule has 1 aromatic rings. The second-order valence-corrected chi connectivity index (χ2v) is 4.60. The van der Waals surface area contributed by atoms with Crippen LogP contribution >= 0.6 is 11.8 Å². The van der Waals surface area contributed by atoms with Crippen molar-refractivity contribution in [3.8, 4) is 11.5 Å². The third-order valence-corrected chi connectivity index (χ3v) is 3.04. The van der Waals surface area contributed by atoms with Gasteiger partial charge in [-0.1, -0.05) is 13.0 Å². The average Bonchev–Trinajstić information content (AvgIpc) is 2.29. The van der Waals surface area contributed by atoms with Crippen LogP contribution in [0.2, 0.25) is 0 Å². The highest BCUT2D eigenvalue weighted by Crippen LogP contribution is 2.25. The summed E-state index contributed by atoms with van der Waals surface area (Å²) in [6.45, 7) is 2.68. The third-order valence-electron chi connectivity index (χ3n) is 2.06. The molecule has 0 aliphatic rings. The molecule has 0 aliphatic heterocycles. The Morgan fingerprint density at radius 2 is 2.31 bits per heavy atom. The Labute approximate surface area is 99.8 Å². The van der Waals surface area contributed by atoms with Gasteiger partial charge < -0.3 is 9.84 Å². The predicted octanol–water partition coefficient (Wildman–Crippen LogP) is 2.73. The Kier molecular flexibility index (Phi) is 5.78. The number of hydrogen-bond acceptors (Lipinski definition) is 4. The lowest BCUT2D eigenvalue weighted by molar-refractivity contribution is 0.111. The fourth-order valence-electron chi connectivity index (χ4n) is 1.26. The first-order valence-electron chi connectivity index (χ1n) is 5.27. The Morgan fingerprint density at radius 3 is 3.00 bits per heavy atom. The zero-order chi connectivity index (χ0) is 11.8. The molecule has 0 unspecified atom stereocenters. The molecular weight excluding hydrogens is 224 g/mol. The Bertz CT molecular complexity index is 339. The Hall–Kier alpha value is -1.16. The monoisotopic (exact) mass is 240 g/mol. The maximum absolute atomic E-state index is 10.7. The minimum absolute atomic E-state index is 0.0320. The summed E-state index contributed by atoms with van der Waals surface area (Å²) in [5.41, 5.74) is 0.227. The zero-order valence-corrected chi connectivity index (χ0v) is 10.1. The van der Waals surface area contributed by atoms with Crippen LogP contribution in [-0.2, 0) is 0 Å². The van der Waals surface area contributed by atoms with E-state index in [0.717, 1.165) is 17.9 Å². The van der Waals surface area contributed by atoms with E-state index in [9.17, 15) is 9.90 Å². The van der Waals surface area contributed by atoms with Gasteiger partial charge in [0.2, 0.25) is 0 Å². The molecular formula is C12H16O3S. The zero-order valence-electron chi connectivity index (χ0n) is 9.31. The van der Waals surface area contributed by atoms with Crippen LogP contribution in [0.25, 0.3) is 0 Å². The van der Waals surface area contributed by atoms with Crippen LogP contribution in [0.3, 0.4) is 0 Å². The molecule has 1 rings (SSSR count). The predicted molar refractivity (Wildman–Crippen MR) is 66.6 cm³/mol. The SMILES string of the molecule is CCSCCCOc1cccc(O)c1C=O. The van der Waals surface area contributed by atoms with E-state index in [1.54, 1.807) is 12.1 Å². The number of ether oxygens (including phenoxy) is 1. The van der Waals surface area contributed by atoms with Crippen LogP contribution in [0.15, 0.2) is 18.2 Å². The van der Waals surface area contributed by atoms with Crippen molar-refractivity contribution in [3.05, 3.63) is 23.8 Å². The molecule has 0 bridgehead atoms. The summed E-state index contributed by atoms with van der Waals surface area (Å²) in [5.74, 6) is 2.57. The van der Waals surface area contributed by atoms with Crippen molar-refractivity contribution in [3.63, 3.8) is 0 Å². The largest absolute Gasteiger partial charge is 0.507 e. The molecule has 0 aromatic heterocycles. The fraction of sp³-hybridized carbons (Fsp3) is 0.417. The molecule has 1 aromatic carbocycles. The van der Waals surface area contributed by atoms with E-state index in [1.165, 1.54) is 6.07 Å². The number of hydrogen-bond donors (Lipinski definition) is 1. The van der Waals surface area contributed by atoms with E-state index in [2.05, 4.69) is 6.92 Å². The first-order chi connectivity index (χ1) is 7.79. The van der Waals surface area contributed by atoms with E-state index in [4.69, 9.17) is 4.74 Å². The van der Waals surface area contributed by atoms with Crippen molar-refractivity contribution in [2.75, 3.05) is 18.1 Å². The van der Waals surface area contributed by atoms with E-state index in [1.807, 2.05) is 11.8 Å². The third kappa shape index (κ3) is 3.77. The summed E-state index contributed by atoms with van der Waals surface area (Å²) in [5, 5.41) is 9.42.